The van der Waals surface area contributed by atoms with Crippen LogP contribution < -0.4 is 10.1 Å². The quantitative estimate of drug-likeness (QED) is 0.146. The monoisotopic (exact) mass is 725 g/mol. The lowest BCUT2D eigenvalue weighted by Crippen LogP contribution is -2.46. The first-order chi connectivity index (χ1) is 24.4. The number of phenolic OH excluding ortho intramolecular Hbond substituents is 1. The number of Topliss-reactive ketones (excluding diaryl/α,β-unsaturated/α-hetero) is 1. The van der Waals surface area contributed by atoms with E-state index in [0.717, 1.165) is 6.08 Å². The van der Waals surface area contributed by atoms with Crippen LogP contribution in [0.25, 0.3) is 0 Å². The Bertz CT molecular complexity index is 1790. The number of amides is 1. The fourth-order valence-electron chi connectivity index (χ4n) is 6.87. The van der Waals surface area contributed by atoms with Crippen molar-refractivity contribution in [2.45, 2.75) is 85.6 Å². The van der Waals surface area contributed by atoms with Gasteiger partial charge >= 0.3 is 5.97 Å². The molecule has 282 valence electrons. The van der Waals surface area contributed by atoms with Crippen molar-refractivity contribution in [3.63, 3.8) is 0 Å². The summed E-state index contributed by atoms with van der Waals surface area (Å²) in [5, 5.41) is 63.5. The van der Waals surface area contributed by atoms with Gasteiger partial charge in [0.05, 0.1) is 41.4 Å². The van der Waals surface area contributed by atoms with E-state index in [0.29, 0.717) is 0 Å². The van der Waals surface area contributed by atoms with Crippen molar-refractivity contribution in [1.29, 1.82) is 0 Å². The Morgan fingerprint density at radius 2 is 1.63 bits per heavy atom. The molecule has 3 heterocycles. The third-order valence-corrected chi connectivity index (χ3v) is 10.1. The molecule has 0 saturated carbocycles. The van der Waals surface area contributed by atoms with Crippen molar-refractivity contribution in [3.05, 3.63) is 70.2 Å². The molecule has 5 rings (SSSR count). The SMILES string of the molecule is CO[C@H]1/C=C/O[C@@]2(C)Oc3c(C)c(O)c4c(c3/C2=N/O)/C(=N/O)C=C(NC(=O)/C(C)=C\C=C\[C@H](C)[C@H](O)[C@@H](C)[C@@H](O)[C@@H](C)[C@H](OC(C)=O)[C@@H]1C)C4=O. The molecular weight excluding hydrogens is 678 g/mol. The zero-order chi connectivity index (χ0) is 38.8. The smallest absolute Gasteiger partial charge is 0.302 e. The van der Waals surface area contributed by atoms with Crippen LogP contribution in [-0.2, 0) is 23.8 Å². The molecular formula is C37H47N3O12. The van der Waals surface area contributed by atoms with E-state index in [1.165, 1.54) is 53.2 Å². The van der Waals surface area contributed by atoms with Gasteiger partial charge in [-0.05, 0) is 26.0 Å². The zero-order valence-corrected chi connectivity index (χ0v) is 30.6. The number of rotatable bonds is 2. The van der Waals surface area contributed by atoms with Gasteiger partial charge in [-0.1, -0.05) is 56.2 Å². The lowest BCUT2D eigenvalue weighted by atomic mass is 9.78. The number of allylic oxidation sites excluding steroid dienone is 4. The Hall–Kier alpha value is -4.99. The molecule has 0 unspecified atom stereocenters. The van der Waals surface area contributed by atoms with Crippen LogP contribution in [0, 0.1) is 30.6 Å². The number of methoxy groups -OCH3 is 1. The highest BCUT2D eigenvalue weighted by molar-refractivity contribution is 6.32. The summed E-state index contributed by atoms with van der Waals surface area (Å²) in [6, 6.07) is 0. The van der Waals surface area contributed by atoms with Crippen LogP contribution in [0.5, 0.6) is 11.5 Å². The summed E-state index contributed by atoms with van der Waals surface area (Å²) in [5.41, 5.74) is -1.01. The van der Waals surface area contributed by atoms with Crippen LogP contribution in [0.2, 0.25) is 0 Å². The predicted octanol–water partition coefficient (Wildman–Crippen LogP) is 3.62. The van der Waals surface area contributed by atoms with Crippen molar-refractivity contribution in [2.75, 3.05) is 7.11 Å². The van der Waals surface area contributed by atoms with Gasteiger partial charge in [0.2, 0.25) is 5.78 Å². The fourth-order valence-corrected chi connectivity index (χ4v) is 6.87. The molecule has 6 N–H and O–H groups in total. The number of nitrogens with one attached hydrogen (secondary N) is 1. The van der Waals surface area contributed by atoms with E-state index in [1.807, 2.05) is 0 Å². The summed E-state index contributed by atoms with van der Waals surface area (Å²) in [4.78, 5) is 39.3. The molecule has 9 atom stereocenters. The van der Waals surface area contributed by atoms with Gasteiger partial charge in [-0.3, -0.25) is 14.4 Å². The number of carbonyl (C=O) groups excluding carboxylic acids is 3. The van der Waals surface area contributed by atoms with Gasteiger partial charge in [-0.25, -0.2) is 0 Å². The average Bonchev–Trinajstić information content (AvgIpc) is 3.41. The summed E-state index contributed by atoms with van der Waals surface area (Å²) >= 11 is 0. The molecule has 1 aromatic rings. The minimum Gasteiger partial charge on any atom is -0.507 e. The van der Waals surface area contributed by atoms with Gasteiger partial charge in [-0.2, -0.15) is 0 Å². The first kappa shape index (κ1) is 39.8. The number of aliphatic hydroxyl groups excluding tert-OH is 2. The number of carbonyl (C=O) groups is 3. The number of fused-ring (bicyclic) bond motifs is 14. The van der Waals surface area contributed by atoms with Crippen molar-refractivity contribution >= 4 is 29.1 Å². The van der Waals surface area contributed by atoms with Crippen LogP contribution in [0.3, 0.4) is 0 Å². The summed E-state index contributed by atoms with van der Waals surface area (Å²) in [7, 11) is 1.43. The number of phenols is 1. The summed E-state index contributed by atoms with van der Waals surface area (Å²) in [6.45, 7) is 12.5. The number of esters is 1. The second kappa shape index (κ2) is 15.7. The molecule has 52 heavy (non-hydrogen) atoms. The zero-order valence-electron chi connectivity index (χ0n) is 30.6. The van der Waals surface area contributed by atoms with Crippen molar-refractivity contribution in [1.82, 2.24) is 5.32 Å². The first-order valence-electron chi connectivity index (χ1n) is 16.8. The summed E-state index contributed by atoms with van der Waals surface area (Å²) < 4.78 is 23.6. The number of ketones is 1. The van der Waals surface area contributed by atoms with Crippen LogP contribution in [0.15, 0.2) is 58.2 Å². The van der Waals surface area contributed by atoms with E-state index in [1.54, 1.807) is 39.8 Å². The van der Waals surface area contributed by atoms with Gasteiger partial charge in [0.15, 0.2) is 5.71 Å². The molecule has 15 heteroatoms. The second-order valence-electron chi connectivity index (χ2n) is 13.6. The van der Waals surface area contributed by atoms with Crippen molar-refractivity contribution < 1.29 is 59.1 Å². The topological polar surface area (TPSA) is 226 Å². The van der Waals surface area contributed by atoms with Crippen molar-refractivity contribution in [3.8, 4) is 11.5 Å². The highest BCUT2D eigenvalue weighted by Gasteiger charge is 2.50. The number of hydrogen-bond acceptors (Lipinski definition) is 14. The third kappa shape index (κ3) is 7.34. The van der Waals surface area contributed by atoms with E-state index in [9.17, 15) is 40.1 Å². The predicted molar refractivity (Wildman–Crippen MR) is 187 cm³/mol. The number of hydrogen-bond donors (Lipinski definition) is 6. The standard InChI is InChI=1S/C37H47N3O12/c1-16-11-10-12-17(2)36(46)38-24-15-23(39-47)26-27(32(24)45)31(44)21(6)34-28(26)35(40-48)37(8,52-34)50-14-13-25(49-9)18(3)33(51-22(7)41)20(5)30(43)19(4)29(16)42/h10-16,18-20,25,29-30,33,42-44,47-48H,1-9H3,(H,38,46)/b11-10+,14-13+,17-12-,39-23+,40-35-/t16-,18+,19+,20+,25-,29-,30+,33+,37-/m0/s1. The molecule has 0 fully saturated rings. The summed E-state index contributed by atoms with van der Waals surface area (Å²) in [6.07, 6.45) is 4.69. The van der Waals surface area contributed by atoms with Crippen LogP contribution >= 0.6 is 0 Å². The Kier molecular flexibility index (Phi) is 12.0. The Morgan fingerprint density at radius 3 is 2.23 bits per heavy atom. The maximum Gasteiger partial charge on any atom is 0.302 e. The van der Waals surface area contributed by atoms with Gasteiger partial charge in [0, 0.05) is 61.3 Å². The van der Waals surface area contributed by atoms with E-state index in [-0.39, 0.29) is 50.7 Å². The van der Waals surface area contributed by atoms with E-state index in [4.69, 9.17) is 18.9 Å². The molecule has 5 bridgehead atoms. The maximum absolute atomic E-state index is 13.8. The number of ether oxygens (including phenoxy) is 4. The lowest BCUT2D eigenvalue weighted by molar-refractivity contribution is -0.160. The average molecular weight is 726 g/mol. The Labute approximate surface area is 301 Å². The fraction of sp³-hybridized carbons (Fsp3) is 0.486. The normalized spacial score (nSPS) is 35.1. The second-order valence-corrected chi connectivity index (χ2v) is 13.6. The molecule has 15 nitrogen and oxygen atoms in total. The molecule has 0 saturated heterocycles. The minimum absolute atomic E-state index is 0.00182. The molecule has 1 amide bonds. The van der Waals surface area contributed by atoms with Gasteiger partial charge < -0.3 is 50.0 Å². The van der Waals surface area contributed by atoms with Gasteiger partial charge in [0.1, 0.15) is 23.3 Å². The summed E-state index contributed by atoms with van der Waals surface area (Å²) in [5.74, 6) is -6.94. The molecule has 3 aliphatic heterocycles. The Morgan fingerprint density at radius 1 is 0.962 bits per heavy atom. The van der Waals surface area contributed by atoms with Crippen molar-refractivity contribution in [2.24, 2.45) is 34.0 Å². The van der Waals surface area contributed by atoms with Crippen LogP contribution in [0.1, 0.15) is 75.5 Å². The van der Waals surface area contributed by atoms with Crippen LogP contribution in [0.4, 0.5) is 0 Å². The number of aromatic hydroxyl groups is 1. The van der Waals surface area contributed by atoms with Crippen LogP contribution in [-0.4, -0.2) is 92.1 Å². The van der Waals surface area contributed by atoms with E-state index in [2.05, 4.69) is 15.6 Å². The molecule has 1 aliphatic carbocycles. The van der Waals surface area contributed by atoms with Gasteiger partial charge in [0.25, 0.3) is 11.7 Å². The largest absolute Gasteiger partial charge is 0.507 e. The lowest BCUT2D eigenvalue weighted by Gasteiger charge is -2.38. The number of aliphatic hydroxyl groups is 2. The maximum atomic E-state index is 13.8. The highest BCUT2D eigenvalue weighted by Crippen LogP contribution is 2.48. The first-order valence-corrected chi connectivity index (χ1v) is 16.8. The molecule has 4 aliphatic rings. The van der Waals surface area contributed by atoms with E-state index < -0.39 is 77.3 Å². The molecule has 0 spiro atoms. The van der Waals surface area contributed by atoms with Gasteiger partial charge in [-0.15, -0.1) is 0 Å². The third-order valence-electron chi connectivity index (χ3n) is 10.1. The highest BCUT2D eigenvalue weighted by atomic mass is 16.7. The molecule has 0 radical (unpaired) electrons. The molecule has 1 aromatic carbocycles. The minimum atomic E-state index is -1.87. The molecule has 0 aromatic heterocycles. The number of benzene rings is 1. The number of nitrogens with zero attached hydrogens (tertiary/aromatic N) is 2. The van der Waals surface area contributed by atoms with E-state index >= 15 is 0 Å². The Balaban J connectivity index is 1.89. The number of oxime groups is 2.